The van der Waals surface area contributed by atoms with Crippen LogP contribution in [0.15, 0.2) is 33.9 Å². The van der Waals surface area contributed by atoms with Gasteiger partial charge in [-0.3, -0.25) is 19.1 Å². The summed E-state index contributed by atoms with van der Waals surface area (Å²) >= 11 is 0. The van der Waals surface area contributed by atoms with Crippen LogP contribution < -0.4 is 26.6 Å². The van der Waals surface area contributed by atoms with Crippen molar-refractivity contribution in [3.8, 4) is 5.75 Å². The Balaban J connectivity index is 2.07. The number of fused-ring (bicyclic) bond motifs is 1. The third-order valence-electron chi connectivity index (χ3n) is 5.48. The molecule has 30 heavy (non-hydrogen) atoms. The van der Waals surface area contributed by atoms with E-state index in [0.717, 1.165) is 24.8 Å². The van der Waals surface area contributed by atoms with Gasteiger partial charge < -0.3 is 15.4 Å². The molecule has 3 rings (SSSR count). The lowest BCUT2D eigenvalue weighted by atomic mass is 9.91. The number of amides is 1. The average Bonchev–Trinajstić information content (AvgIpc) is 2.74. The van der Waals surface area contributed by atoms with Crippen LogP contribution in [-0.4, -0.2) is 28.6 Å². The van der Waals surface area contributed by atoms with Crippen molar-refractivity contribution < 1.29 is 9.53 Å². The number of nitrogen functional groups attached to an aromatic ring is 1. The molecule has 1 aromatic carbocycles. The number of ether oxygens (including phenoxy) is 1. The first-order valence-electron chi connectivity index (χ1n) is 10.6. The van der Waals surface area contributed by atoms with E-state index in [1.165, 1.54) is 9.47 Å². The largest absolute Gasteiger partial charge is 0.493 e. The van der Waals surface area contributed by atoms with Crippen molar-refractivity contribution in [2.45, 2.75) is 58.4 Å². The zero-order valence-electron chi connectivity index (χ0n) is 17.6. The Morgan fingerprint density at radius 2 is 1.97 bits per heavy atom. The van der Waals surface area contributed by atoms with Crippen LogP contribution in [0.4, 0.5) is 11.5 Å². The molecule has 3 N–H and O–H groups in total. The van der Waals surface area contributed by atoms with E-state index in [1.54, 1.807) is 0 Å². The van der Waals surface area contributed by atoms with Gasteiger partial charge in [-0.1, -0.05) is 44.9 Å². The SMILES string of the molecule is CCCCN(C(=O)C1CCOc2ccccc21)c1c(N)n(CCCC)c(=O)[nH]c1=O. The number of rotatable bonds is 8. The lowest BCUT2D eigenvalue weighted by Crippen LogP contribution is -2.44. The van der Waals surface area contributed by atoms with Crippen LogP contribution in [0.3, 0.4) is 0 Å². The maximum Gasteiger partial charge on any atom is 0.330 e. The smallest absolute Gasteiger partial charge is 0.330 e. The van der Waals surface area contributed by atoms with Gasteiger partial charge in [0.1, 0.15) is 11.6 Å². The molecule has 0 fully saturated rings. The number of hydrogen-bond acceptors (Lipinski definition) is 5. The summed E-state index contributed by atoms with van der Waals surface area (Å²) in [4.78, 5) is 42.5. The van der Waals surface area contributed by atoms with Gasteiger partial charge >= 0.3 is 5.69 Å². The number of carbonyl (C=O) groups is 1. The topological polar surface area (TPSA) is 110 Å². The van der Waals surface area contributed by atoms with Crippen LogP contribution in [0.25, 0.3) is 0 Å². The summed E-state index contributed by atoms with van der Waals surface area (Å²) in [6.07, 6.45) is 3.69. The van der Waals surface area contributed by atoms with E-state index < -0.39 is 17.2 Å². The van der Waals surface area contributed by atoms with Crippen LogP contribution in [0.1, 0.15) is 57.4 Å². The van der Waals surface area contributed by atoms with Crippen molar-refractivity contribution in [3.63, 3.8) is 0 Å². The monoisotopic (exact) mass is 414 g/mol. The van der Waals surface area contributed by atoms with Crippen molar-refractivity contribution in [1.82, 2.24) is 9.55 Å². The van der Waals surface area contributed by atoms with E-state index in [-0.39, 0.29) is 17.4 Å². The molecule has 162 valence electrons. The maximum absolute atomic E-state index is 13.7. The van der Waals surface area contributed by atoms with Crippen LogP contribution in [0.5, 0.6) is 5.75 Å². The number of benzene rings is 1. The van der Waals surface area contributed by atoms with E-state index in [4.69, 9.17) is 10.5 Å². The number of hydrogen-bond donors (Lipinski definition) is 2. The van der Waals surface area contributed by atoms with Gasteiger partial charge in [0.25, 0.3) is 5.56 Å². The molecule has 8 heteroatoms. The minimum absolute atomic E-state index is 0.0435. The van der Waals surface area contributed by atoms with Gasteiger partial charge in [-0.2, -0.15) is 0 Å². The fourth-order valence-corrected chi connectivity index (χ4v) is 3.81. The minimum Gasteiger partial charge on any atom is -0.493 e. The third kappa shape index (κ3) is 4.27. The Bertz CT molecular complexity index is 1010. The molecule has 1 amide bonds. The van der Waals surface area contributed by atoms with Crippen molar-refractivity contribution >= 4 is 17.4 Å². The number of para-hydroxylation sites is 1. The average molecular weight is 415 g/mol. The predicted molar refractivity (Wildman–Crippen MR) is 117 cm³/mol. The first-order chi connectivity index (χ1) is 14.5. The standard InChI is InChI=1S/C22H30N4O4/c1-3-5-12-25(18-19(23)26(13-6-4-2)22(29)24-20(18)27)21(28)16-11-14-30-17-10-8-7-9-15(16)17/h7-10,16H,3-6,11-14,23H2,1-2H3,(H,24,27,29). The molecule has 8 nitrogen and oxygen atoms in total. The van der Waals surface area contributed by atoms with Gasteiger partial charge in [-0.15, -0.1) is 0 Å². The number of nitrogens with two attached hydrogens (primary N) is 1. The summed E-state index contributed by atoms with van der Waals surface area (Å²) in [6, 6.07) is 7.46. The molecule has 0 aliphatic carbocycles. The summed E-state index contributed by atoms with van der Waals surface area (Å²) in [7, 11) is 0. The number of nitrogens with one attached hydrogen (secondary N) is 1. The van der Waals surface area contributed by atoms with Crippen LogP contribution in [0.2, 0.25) is 0 Å². The molecule has 1 atom stereocenters. The van der Waals surface area contributed by atoms with Crippen LogP contribution in [0, 0.1) is 0 Å². The predicted octanol–water partition coefficient (Wildman–Crippen LogP) is 2.62. The normalized spacial score (nSPS) is 15.3. The number of nitrogens with zero attached hydrogens (tertiary/aromatic N) is 2. The molecule has 0 spiro atoms. The fraction of sp³-hybridized carbons (Fsp3) is 0.500. The van der Waals surface area contributed by atoms with Crippen molar-refractivity contribution in [2.24, 2.45) is 0 Å². The van der Waals surface area contributed by atoms with E-state index >= 15 is 0 Å². The van der Waals surface area contributed by atoms with E-state index in [0.29, 0.717) is 38.3 Å². The second-order valence-electron chi connectivity index (χ2n) is 7.57. The number of H-pyrrole nitrogens is 1. The highest BCUT2D eigenvalue weighted by Crippen LogP contribution is 2.35. The highest BCUT2D eigenvalue weighted by Gasteiger charge is 2.33. The lowest BCUT2D eigenvalue weighted by Gasteiger charge is -2.31. The molecular formula is C22H30N4O4. The second kappa shape index (κ2) is 9.65. The summed E-state index contributed by atoms with van der Waals surface area (Å²) in [5, 5.41) is 0. The molecule has 1 aromatic heterocycles. The van der Waals surface area contributed by atoms with Crippen LogP contribution >= 0.6 is 0 Å². The van der Waals surface area contributed by atoms with Gasteiger partial charge in [0, 0.05) is 18.7 Å². The highest BCUT2D eigenvalue weighted by molar-refractivity contribution is 6.00. The second-order valence-corrected chi connectivity index (χ2v) is 7.57. The fourth-order valence-electron chi connectivity index (χ4n) is 3.81. The Kier molecular flexibility index (Phi) is 6.97. The molecule has 1 aliphatic heterocycles. The number of aromatic nitrogens is 2. The molecule has 0 radical (unpaired) electrons. The van der Waals surface area contributed by atoms with Gasteiger partial charge in [0.2, 0.25) is 5.91 Å². The van der Waals surface area contributed by atoms with Gasteiger partial charge in [0.05, 0.1) is 12.5 Å². The number of unbranched alkanes of at least 4 members (excludes halogenated alkanes) is 2. The lowest BCUT2D eigenvalue weighted by molar-refractivity contribution is -0.120. The molecule has 0 saturated heterocycles. The zero-order valence-corrected chi connectivity index (χ0v) is 17.6. The molecular weight excluding hydrogens is 384 g/mol. The van der Waals surface area contributed by atoms with Crippen molar-refractivity contribution in [1.29, 1.82) is 0 Å². The Hall–Kier alpha value is -3.03. The molecule has 0 saturated carbocycles. The highest BCUT2D eigenvalue weighted by atomic mass is 16.5. The first kappa shape index (κ1) is 21.7. The van der Waals surface area contributed by atoms with Crippen molar-refractivity contribution in [3.05, 3.63) is 50.7 Å². The molecule has 2 aromatic rings. The summed E-state index contributed by atoms with van der Waals surface area (Å²) in [6.45, 7) is 5.20. The Labute approximate surface area is 175 Å². The Morgan fingerprint density at radius 3 is 2.70 bits per heavy atom. The van der Waals surface area contributed by atoms with E-state index in [9.17, 15) is 14.4 Å². The van der Waals surface area contributed by atoms with Gasteiger partial charge in [-0.05, 0) is 25.3 Å². The van der Waals surface area contributed by atoms with Crippen LogP contribution in [-0.2, 0) is 11.3 Å². The van der Waals surface area contributed by atoms with Gasteiger partial charge in [-0.25, -0.2) is 4.79 Å². The molecule has 1 aliphatic rings. The summed E-state index contributed by atoms with van der Waals surface area (Å²) in [5.41, 5.74) is 5.98. The van der Waals surface area contributed by atoms with Gasteiger partial charge in [0.15, 0.2) is 5.69 Å². The number of aromatic amines is 1. The number of carbonyl (C=O) groups excluding carboxylic acids is 1. The third-order valence-corrected chi connectivity index (χ3v) is 5.48. The van der Waals surface area contributed by atoms with Crippen molar-refractivity contribution in [2.75, 3.05) is 23.8 Å². The summed E-state index contributed by atoms with van der Waals surface area (Å²) in [5.74, 6) is 0.105. The minimum atomic E-state index is -0.630. The van der Waals surface area contributed by atoms with E-state index in [2.05, 4.69) is 4.98 Å². The zero-order chi connectivity index (χ0) is 21.7. The summed E-state index contributed by atoms with van der Waals surface area (Å²) < 4.78 is 7.04. The molecule has 1 unspecified atom stereocenters. The molecule has 0 bridgehead atoms. The number of anilines is 2. The first-order valence-corrected chi connectivity index (χ1v) is 10.6. The molecule has 2 heterocycles. The van der Waals surface area contributed by atoms with E-state index in [1.807, 2.05) is 38.1 Å². The Morgan fingerprint density at radius 1 is 1.23 bits per heavy atom. The quantitative estimate of drug-likeness (QED) is 0.690. The maximum atomic E-state index is 13.7.